The van der Waals surface area contributed by atoms with Crippen molar-refractivity contribution in [3.05, 3.63) is 12.1 Å². The Bertz CT molecular complexity index is 299. The fourth-order valence-corrected chi connectivity index (χ4v) is 1.04. The van der Waals surface area contributed by atoms with Gasteiger partial charge in [-0.1, -0.05) is 0 Å². The second-order valence-corrected chi connectivity index (χ2v) is 5.64. The van der Waals surface area contributed by atoms with Crippen LogP contribution in [0.15, 0.2) is 12.1 Å². The zero-order chi connectivity index (χ0) is 12.4. The quantitative estimate of drug-likeness (QED) is 0.774. The summed E-state index contributed by atoms with van der Waals surface area (Å²) < 4.78 is 11.1. The summed E-state index contributed by atoms with van der Waals surface area (Å²) in [5.74, 6) is 1.02. The predicted octanol–water partition coefficient (Wildman–Crippen LogP) is 2.83. The number of aromatic nitrogens is 2. The van der Waals surface area contributed by atoms with E-state index in [1.807, 2.05) is 41.5 Å². The highest BCUT2D eigenvalue weighted by Crippen LogP contribution is 2.18. The Morgan fingerprint density at radius 2 is 1.06 bits per heavy atom. The van der Waals surface area contributed by atoms with Gasteiger partial charge in [0.25, 0.3) is 0 Å². The van der Waals surface area contributed by atoms with Gasteiger partial charge in [-0.15, -0.1) is 10.2 Å². The van der Waals surface area contributed by atoms with E-state index in [-0.39, 0.29) is 11.2 Å². The molecule has 0 spiro atoms. The van der Waals surface area contributed by atoms with Gasteiger partial charge in [-0.05, 0) is 41.5 Å². The first-order valence-corrected chi connectivity index (χ1v) is 5.37. The third-order valence-electron chi connectivity index (χ3n) is 1.44. The van der Waals surface area contributed by atoms with E-state index in [9.17, 15) is 0 Å². The van der Waals surface area contributed by atoms with Crippen molar-refractivity contribution < 1.29 is 9.47 Å². The number of rotatable bonds is 2. The van der Waals surface area contributed by atoms with Crippen molar-refractivity contribution in [1.29, 1.82) is 0 Å². The van der Waals surface area contributed by atoms with Gasteiger partial charge in [0.05, 0.1) is 0 Å². The number of ether oxygens (including phenoxy) is 2. The van der Waals surface area contributed by atoms with Crippen molar-refractivity contribution in [3.63, 3.8) is 0 Å². The van der Waals surface area contributed by atoms with E-state index in [1.165, 1.54) is 0 Å². The Morgan fingerprint density at radius 1 is 0.750 bits per heavy atom. The van der Waals surface area contributed by atoms with Gasteiger partial charge in [-0.2, -0.15) is 0 Å². The summed E-state index contributed by atoms with van der Waals surface area (Å²) in [4.78, 5) is 0. The van der Waals surface area contributed by atoms with Gasteiger partial charge in [0.1, 0.15) is 11.2 Å². The van der Waals surface area contributed by atoms with Crippen LogP contribution in [0, 0.1) is 0 Å². The zero-order valence-corrected chi connectivity index (χ0v) is 10.9. The molecule has 0 saturated heterocycles. The SMILES string of the molecule is CC(C)(C)Oc1ccc(OC(C)(C)C)nn1. The number of hydrogen-bond donors (Lipinski definition) is 0. The molecule has 0 aromatic carbocycles. The molecule has 0 aliphatic carbocycles. The van der Waals surface area contributed by atoms with Gasteiger partial charge in [0.2, 0.25) is 11.8 Å². The van der Waals surface area contributed by atoms with Crippen molar-refractivity contribution in [2.45, 2.75) is 52.7 Å². The second kappa shape index (κ2) is 4.28. The molecule has 0 aliphatic rings. The normalized spacial score (nSPS) is 12.4. The molecule has 0 N–H and O–H groups in total. The summed E-state index contributed by atoms with van der Waals surface area (Å²) >= 11 is 0. The van der Waals surface area contributed by atoms with Crippen LogP contribution in [0.5, 0.6) is 11.8 Å². The molecule has 0 unspecified atom stereocenters. The first kappa shape index (κ1) is 12.7. The van der Waals surface area contributed by atoms with Crippen molar-refractivity contribution >= 4 is 0 Å². The van der Waals surface area contributed by atoms with Gasteiger partial charge in [-0.3, -0.25) is 0 Å². The summed E-state index contributed by atoms with van der Waals surface area (Å²) in [6.45, 7) is 11.8. The summed E-state index contributed by atoms with van der Waals surface area (Å²) in [5, 5.41) is 7.90. The van der Waals surface area contributed by atoms with Crippen LogP contribution < -0.4 is 9.47 Å². The topological polar surface area (TPSA) is 44.2 Å². The van der Waals surface area contributed by atoms with Crippen LogP contribution in [0.4, 0.5) is 0 Å². The fraction of sp³-hybridized carbons (Fsp3) is 0.667. The van der Waals surface area contributed by atoms with Gasteiger partial charge in [-0.25, -0.2) is 0 Å². The van der Waals surface area contributed by atoms with Crippen LogP contribution in [-0.4, -0.2) is 21.4 Å². The van der Waals surface area contributed by atoms with Crippen LogP contribution in [0.2, 0.25) is 0 Å². The maximum atomic E-state index is 5.56. The molecule has 0 aliphatic heterocycles. The van der Waals surface area contributed by atoms with Crippen molar-refractivity contribution in [1.82, 2.24) is 10.2 Å². The molecular weight excluding hydrogens is 204 g/mol. The first-order valence-electron chi connectivity index (χ1n) is 5.37. The second-order valence-electron chi connectivity index (χ2n) is 5.64. The van der Waals surface area contributed by atoms with Crippen molar-refractivity contribution in [2.75, 3.05) is 0 Å². The number of nitrogens with zero attached hydrogens (tertiary/aromatic N) is 2. The number of hydrogen-bond acceptors (Lipinski definition) is 4. The fourth-order valence-electron chi connectivity index (χ4n) is 1.04. The van der Waals surface area contributed by atoms with Crippen molar-refractivity contribution in [3.8, 4) is 11.8 Å². The van der Waals surface area contributed by atoms with Gasteiger partial charge in [0.15, 0.2) is 0 Å². The van der Waals surface area contributed by atoms with Crippen LogP contribution >= 0.6 is 0 Å². The molecule has 90 valence electrons. The maximum Gasteiger partial charge on any atom is 0.234 e. The Kier molecular flexibility index (Phi) is 3.41. The Balaban J connectivity index is 2.69. The summed E-state index contributed by atoms with van der Waals surface area (Å²) in [6.07, 6.45) is 0. The highest BCUT2D eigenvalue weighted by atomic mass is 16.5. The van der Waals surface area contributed by atoms with Gasteiger partial charge >= 0.3 is 0 Å². The highest BCUT2D eigenvalue weighted by Gasteiger charge is 2.15. The molecule has 0 amide bonds. The van der Waals surface area contributed by atoms with Gasteiger partial charge < -0.3 is 9.47 Å². The van der Waals surface area contributed by atoms with E-state index >= 15 is 0 Å². The third kappa shape index (κ3) is 4.96. The van der Waals surface area contributed by atoms with E-state index in [0.717, 1.165) is 0 Å². The molecule has 0 fully saturated rings. The minimum absolute atomic E-state index is 0.263. The van der Waals surface area contributed by atoms with E-state index in [0.29, 0.717) is 11.8 Å². The monoisotopic (exact) mass is 224 g/mol. The van der Waals surface area contributed by atoms with Crippen LogP contribution in [0.25, 0.3) is 0 Å². The Labute approximate surface area is 97.0 Å². The highest BCUT2D eigenvalue weighted by molar-refractivity contribution is 5.16. The molecule has 4 heteroatoms. The van der Waals surface area contributed by atoms with E-state index < -0.39 is 0 Å². The Morgan fingerprint density at radius 3 is 1.25 bits per heavy atom. The average molecular weight is 224 g/mol. The molecule has 0 atom stereocenters. The largest absolute Gasteiger partial charge is 0.471 e. The lowest BCUT2D eigenvalue weighted by atomic mass is 10.2. The molecule has 1 heterocycles. The smallest absolute Gasteiger partial charge is 0.234 e. The molecule has 0 saturated carbocycles. The summed E-state index contributed by atoms with van der Waals surface area (Å²) in [5.41, 5.74) is -0.526. The van der Waals surface area contributed by atoms with Crippen LogP contribution in [-0.2, 0) is 0 Å². The molecule has 0 bridgehead atoms. The first-order chi connectivity index (χ1) is 7.16. The third-order valence-corrected chi connectivity index (χ3v) is 1.44. The minimum Gasteiger partial charge on any atom is -0.471 e. The molecule has 1 rings (SSSR count). The Hall–Kier alpha value is -1.32. The van der Waals surface area contributed by atoms with E-state index in [1.54, 1.807) is 12.1 Å². The molecular formula is C12H20N2O2. The van der Waals surface area contributed by atoms with E-state index in [4.69, 9.17) is 9.47 Å². The predicted molar refractivity (Wildman–Crippen MR) is 62.8 cm³/mol. The lowest BCUT2D eigenvalue weighted by molar-refractivity contribution is 0.111. The molecule has 1 aromatic rings. The van der Waals surface area contributed by atoms with Gasteiger partial charge in [0, 0.05) is 12.1 Å². The molecule has 0 radical (unpaired) electrons. The minimum atomic E-state index is -0.263. The van der Waals surface area contributed by atoms with Crippen LogP contribution in [0.3, 0.4) is 0 Å². The zero-order valence-electron chi connectivity index (χ0n) is 10.9. The average Bonchev–Trinajstić information content (AvgIpc) is 2.03. The van der Waals surface area contributed by atoms with Crippen LogP contribution in [0.1, 0.15) is 41.5 Å². The maximum absolute atomic E-state index is 5.56. The lowest BCUT2D eigenvalue weighted by Crippen LogP contribution is -2.25. The van der Waals surface area contributed by atoms with E-state index in [2.05, 4.69) is 10.2 Å². The lowest BCUT2D eigenvalue weighted by Gasteiger charge is -2.21. The summed E-state index contributed by atoms with van der Waals surface area (Å²) in [6, 6.07) is 3.53. The molecule has 4 nitrogen and oxygen atoms in total. The molecule has 16 heavy (non-hydrogen) atoms. The standard InChI is InChI=1S/C12H20N2O2/c1-11(2,3)15-9-7-8-10(14-13-9)16-12(4,5)6/h7-8H,1-6H3. The van der Waals surface area contributed by atoms with Crippen molar-refractivity contribution in [2.24, 2.45) is 0 Å². The molecule has 1 aromatic heterocycles. The summed E-state index contributed by atoms with van der Waals surface area (Å²) in [7, 11) is 0.